The summed E-state index contributed by atoms with van der Waals surface area (Å²) in [6, 6.07) is 5.81. The van der Waals surface area contributed by atoms with Crippen LogP contribution in [0.1, 0.15) is 13.3 Å². The Kier molecular flexibility index (Phi) is 9.86. The molecule has 5 rings (SSSR count). The minimum atomic E-state index is -3.67. The van der Waals surface area contributed by atoms with Crippen molar-refractivity contribution in [2.45, 2.75) is 20.0 Å². The molecule has 0 unspecified atom stereocenters. The number of ether oxygens (including phenoxy) is 3. The number of methoxy groups -OCH3 is 1. The second kappa shape index (κ2) is 14.0. The lowest BCUT2D eigenvalue weighted by Crippen LogP contribution is -2.39. The summed E-state index contributed by atoms with van der Waals surface area (Å²) < 4.78 is 71.3. The summed E-state index contributed by atoms with van der Waals surface area (Å²) in [5, 5.41) is 11.7. The average Bonchev–Trinajstić information content (AvgIpc) is 3.35. The maximum Gasteiger partial charge on any atom is 0.387 e. The Balaban J connectivity index is 1.54. The summed E-state index contributed by atoms with van der Waals surface area (Å²) in [5.74, 6) is 1.01. The molecule has 14 nitrogen and oxygen atoms in total. The van der Waals surface area contributed by atoms with Gasteiger partial charge in [0.25, 0.3) is 5.88 Å². The number of alkyl halides is 2. The van der Waals surface area contributed by atoms with Gasteiger partial charge in [0.2, 0.25) is 10.0 Å². The highest BCUT2D eigenvalue weighted by molar-refractivity contribution is 7.92. The van der Waals surface area contributed by atoms with Crippen molar-refractivity contribution >= 4 is 44.1 Å². The van der Waals surface area contributed by atoms with Crippen molar-refractivity contribution in [3.63, 3.8) is 0 Å². The Hall–Kier alpha value is -4.35. The average molecular weight is 634 g/mol. The summed E-state index contributed by atoms with van der Waals surface area (Å²) in [6.45, 7) is 2.83. The van der Waals surface area contributed by atoms with Crippen molar-refractivity contribution in [2.75, 3.05) is 67.6 Å². The smallest absolute Gasteiger partial charge is 0.387 e. The molecule has 0 aliphatic carbocycles. The molecule has 17 heteroatoms. The van der Waals surface area contributed by atoms with Crippen molar-refractivity contribution < 1.29 is 31.4 Å². The van der Waals surface area contributed by atoms with Crippen LogP contribution in [0.15, 0.2) is 42.9 Å². The van der Waals surface area contributed by atoms with Gasteiger partial charge >= 0.3 is 6.61 Å². The molecule has 1 saturated heterocycles. The molecule has 1 aromatic carbocycles. The third kappa shape index (κ3) is 7.59. The van der Waals surface area contributed by atoms with Gasteiger partial charge in [0.15, 0.2) is 17.4 Å². The number of aromatic nitrogens is 5. The van der Waals surface area contributed by atoms with E-state index in [1.807, 2.05) is 0 Å². The second-order valence-corrected chi connectivity index (χ2v) is 11.6. The Labute approximate surface area is 252 Å². The quantitative estimate of drug-likeness (QED) is 0.186. The van der Waals surface area contributed by atoms with E-state index in [0.29, 0.717) is 54.5 Å². The van der Waals surface area contributed by atoms with Crippen LogP contribution in [0.3, 0.4) is 0 Å². The largest absolute Gasteiger partial charge is 0.478 e. The number of fused-ring (bicyclic) bond motifs is 1. The molecule has 1 fully saturated rings. The van der Waals surface area contributed by atoms with Gasteiger partial charge in [-0.25, -0.2) is 28.1 Å². The lowest BCUT2D eigenvalue weighted by molar-refractivity contribution is -0.0498. The molecule has 3 N–H and O–H groups in total. The van der Waals surface area contributed by atoms with E-state index in [1.54, 1.807) is 19.2 Å². The van der Waals surface area contributed by atoms with Crippen LogP contribution in [0.5, 0.6) is 11.6 Å². The van der Waals surface area contributed by atoms with Gasteiger partial charge in [-0.15, -0.1) is 5.10 Å². The van der Waals surface area contributed by atoms with Crippen LogP contribution < -0.4 is 24.8 Å². The highest BCUT2D eigenvalue weighted by Crippen LogP contribution is 2.34. The first-order chi connectivity index (χ1) is 21.3. The van der Waals surface area contributed by atoms with E-state index >= 15 is 0 Å². The summed E-state index contributed by atoms with van der Waals surface area (Å²) in [6.07, 6.45) is 4.97. The number of sulfonamides is 1. The Morgan fingerprint density at radius 2 is 1.89 bits per heavy atom. The molecule has 236 valence electrons. The van der Waals surface area contributed by atoms with Crippen LogP contribution in [0.4, 0.5) is 31.9 Å². The van der Waals surface area contributed by atoms with Gasteiger partial charge in [0, 0.05) is 56.9 Å². The highest BCUT2D eigenvalue weighted by Gasteiger charge is 2.21. The van der Waals surface area contributed by atoms with Crippen molar-refractivity contribution in [1.29, 1.82) is 0 Å². The first kappa shape index (κ1) is 31.1. The number of hydrogen-bond donors (Lipinski definition) is 3. The van der Waals surface area contributed by atoms with E-state index in [0.717, 1.165) is 19.6 Å². The summed E-state index contributed by atoms with van der Waals surface area (Å²) in [5.41, 5.74) is 0.735. The Morgan fingerprint density at radius 1 is 1.09 bits per heavy atom. The molecule has 0 saturated carbocycles. The van der Waals surface area contributed by atoms with Crippen molar-refractivity contribution in [1.82, 2.24) is 29.6 Å². The van der Waals surface area contributed by atoms with Crippen LogP contribution in [0.25, 0.3) is 16.6 Å². The zero-order valence-corrected chi connectivity index (χ0v) is 25.0. The maximum absolute atomic E-state index is 13.6. The highest BCUT2D eigenvalue weighted by atomic mass is 32.2. The molecule has 1 aliphatic heterocycles. The van der Waals surface area contributed by atoms with Gasteiger partial charge in [-0.2, -0.15) is 8.78 Å². The molecule has 3 aromatic heterocycles. The van der Waals surface area contributed by atoms with Crippen molar-refractivity contribution in [2.24, 2.45) is 0 Å². The minimum Gasteiger partial charge on any atom is -0.478 e. The van der Waals surface area contributed by atoms with Crippen LogP contribution in [-0.4, -0.2) is 96.9 Å². The topological polar surface area (TPSA) is 158 Å². The lowest BCUT2D eigenvalue weighted by atomic mass is 10.2. The van der Waals surface area contributed by atoms with E-state index in [9.17, 15) is 17.2 Å². The number of anilines is 4. The van der Waals surface area contributed by atoms with Gasteiger partial charge in [0.05, 0.1) is 42.7 Å². The lowest BCUT2D eigenvalue weighted by Gasteiger charge is -2.26. The number of halogens is 2. The van der Waals surface area contributed by atoms with Crippen molar-refractivity contribution in [3.05, 3.63) is 42.9 Å². The molecular weight excluding hydrogens is 600 g/mol. The molecule has 0 amide bonds. The number of nitrogens with one attached hydrogen (secondary N) is 3. The Bertz CT molecular complexity index is 1680. The Morgan fingerprint density at radius 3 is 2.64 bits per heavy atom. The molecule has 0 radical (unpaired) electrons. The van der Waals surface area contributed by atoms with Gasteiger partial charge in [-0.05, 0) is 18.6 Å². The summed E-state index contributed by atoms with van der Waals surface area (Å²) >= 11 is 0. The maximum atomic E-state index is 13.6. The third-order valence-corrected chi connectivity index (χ3v) is 8.14. The molecule has 1 aliphatic rings. The van der Waals surface area contributed by atoms with E-state index in [2.05, 4.69) is 35.2 Å². The normalized spacial score (nSPS) is 14.1. The minimum absolute atomic E-state index is 0.0805. The van der Waals surface area contributed by atoms with Crippen LogP contribution >= 0.6 is 0 Å². The number of benzene rings is 1. The monoisotopic (exact) mass is 633 g/mol. The standard InChI is InChI=1S/C27H33F2N9O5S/c1-3-14-44(39,40)36-18-4-5-20(22(15-18)43-27(28)29)38-21-16-23(34-25-26(41-2)32-7-6-30-25)33-17-19(21)24(35-38)31-8-9-37-10-12-42-13-11-37/h4-7,15-17,27,36H,3,8-14H2,1-2H3,(H,31,35)(H,30,33,34). The van der Waals surface area contributed by atoms with Gasteiger partial charge in [0.1, 0.15) is 11.5 Å². The fraction of sp³-hybridized carbons (Fsp3) is 0.407. The first-order valence-corrected chi connectivity index (χ1v) is 15.6. The van der Waals surface area contributed by atoms with Crippen molar-refractivity contribution in [3.8, 4) is 17.3 Å². The third-order valence-electron chi connectivity index (χ3n) is 6.64. The number of pyridine rings is 1. The summed E-state index contributed by atoms with van der Waals surface area (Å²) in [7, 11) is -2.21. The van der Waals surface area contributed by atoms with E-state index in [1.165, 1.54) is 42.4 Å². The van der Waals surface area contributed by atoms with E-state index in [4.69, 9.17) is 19.3 Å². The fourth-order valence-electron chi connectivity index (χ4n) is 4.67. The molecule has 4 heterocycles. The van der Waals surface area contributed by atoms with Crippen LogP contribution in [0.2, 0.25) is 0 Å². The predicted octanol–water partition coefficient (Wildman–Crippen LogP) is 3.46. The molecular formula is C27H33F2N9O5S. The zero-order chi connectivity index (χ0) is 31.1. The van der Waals surface area contributed by atoms with E-state index in [-0.39, 0.29) is 28.8 Å². The molecule has 0 spiro atoms. The SMILES string of the molecule is CCCS(=O)(=O)Nc1ccc(-n2nc(NCCN3CCOCC3)c3cnc(Nc4nccnc4OC)cc32)c(OC(F)F)c1. The van der Waals surface area contributed by atoms with Gasteiger partial charge < -0.3 is 24.8 Å². The molecule has 0 atom stereocenters. The molecule has 44 heavy (non-hydrogen) atoms. The van der Waals surface area contributed by atoms with Gasteiger partial charge in [-0.3, -0.25) is 9.62 Å². The zero-order valence-electron chi connectivity index (χ0n) is 24.2. The molecule has 0 bridgehead atoms. The summed E-state index contributed by atoms with van der Waals surface area (Å²) in [4.78, 5) is 15.1. The fourth-order valence-corrected chi connectivity index (χ4v) is 5.80. The number of rotatable bonds is 14. The number of morpholine rings is 1. The van der Waals surface area contributed by atoms with Crippen LogP contribution in [-0.2, 0) is 14.8 Å². The number of hydrogen-bond acceptors (Lipinski definition) is 12. The number of nitrogens with zero attached hydrogens (tertiary/aromatic N) is 6. The van der Waals surface area contributed by atoms with E-state index < -0.39 is 16.6 Å². The second-order valence-electron chi connectivity index (χ2n) is 9.75. The van der Waals surface area contributed by atoms with Gasteiger partial charge in [-0.1, -0.05) is 6.92 Å². The first-order valence-electron chi connectivity index (χ1n) is 13.9. The predicted molar refractivity (Wildman–Crippen MR) is 161 cm³/mol. The van der Waals surface area contributed by atoms with Crippen LogP contribution in [0, 0.1) is 0 Å². The molecule has 4 aromatic rings.